The van der Waals surface area contributed by atoms with Crippen LogP contribution in [0.25, 0.3) is 0 Å². The minimum atomic E-state index is -3.73. The van der Waals surface area contributed by atoms with Crippen molar-refractivity contribution in [1.82, 2.24) is 0 Å². The van der Waals surface area contributed by atoms with Gasteiger partial charge in [-0.05, 0) is 0 Å². The van der Waals surface area contributed by atoms with E-state index in [-0.39, 0.29) is 0 Å². The monoisotopic (exact) mass is 165 g/mol. The van der Waals surface area contributed by atoms with Gasteiger partial charge in [0.2, 0.25) is 6.08 Å². The second-order valence-electron chi connectivity index (χ2n) is 1.60. The number of carbonyl (C=O) groups is 1. The number of aliphatic imine (C=N–C) groups is 1. The van der Waals surface area contributed by atoms with Gasteiger partial charge in [-0.2, -0.15) is 13.8 Å². The Kier molecular flexibility index (Phi) is 3.33. The largest absolute Gasteiger partial charge is 0.465 e. The first-order valence-corrected chi connectivity index (χ1v) is 2.54. The van der Waals surface area contributed by atoms with Crippen LogP contribution in [0, 0.1) is 0 Å². The number of ether oxygens (including phenoxy) is 1. The smallest absolute Gasteiger partial charge is 0.378 e. The van der Waals surface area contributed by atoms with Gasteiger partial charge in [0.25, 0.3) is 0 Å². The molecule has 0 atom stereocenters. The highest BCUT2D eigenvalue weighted by molar-refractivity contribution is 5.77. The van der Waals surface area contributed by atoms with Crippen LogP contribution < -0.4 is 0 Å². The molecule has 0 fully saturated rings. The van der Waals surface area contributed by atoms with Gasteiger partial charge in [0.05, 0.1) is 7.11 Å². The summed E-state index contributed by atoms with van der Waals surface area (Å²) in [6, 6.07) is 0. The average Bonchev–Trinajstić information content (AvgIpc) is 1.99. The molecule has 0 saturated heterocycles. The fourth-order valence-corrected chi connectivity index (χ4v) is 0.345. The van der Waals surface area contributed by atoms with E-state index in [0.29, 0.717) is 0 Å². The van der Waals surface area contributed by atoms with E-state index in [9.17, 15) is 18.4 Å². The van der Waals surface area contributed by atoms with E-state index < -0.39 is 18.4 Å². The SMILES string of the molecule is COC(=O)C(F)(F)CN=C=O. The molecule has 0 aliphatic heterocycles. The number of halogens is 2. The Morgan fingerprint density at radius 3 is 2.64 bits per heavy atom. The number of methoxy groups -OCH3 is 1. The Hall–Kier alpha value is -1.29. The Morgan fingerprint density at radius 1 is 1.73 bits per heavy atom. The predicted octanol–water partition coefficient (Wildman–Crippen LogP) is 0.130. The van der Waals surface area contributed by atoms with Crippen LogP contribution in [0.15, 0.2) is 4.99 Å². The van der Waals surface area contributed by atoms with Gasteiger partial charge in [-0.3, -0.25) is 0 Å². The lowest BCUT2D eigenvalue weighted by molar-refractivity contribution is -0.166. The van der Waals surface area contributed by atoms with Gasteiger partial charge >= 0.3 is 11.9 Å². The molecule has 4 nitrogen and oxygen atoms in total. The van der Waals surface area contributed by atoms with Crippen molar-refractivity contribution in [3.8, 4) is 0 Å². The highest BCUT2D eigenvalue weighted by Crippen LogP contribution is 2.14. The molecule has 0 N–H and O–H groups in total. The fraction of sp³-hybridized carbons (Fsp3) is 0.600. The molecule has 0 aliphatic rings. The summed E-state index contributed by atoms with van der Waals surface area (Å²) in [5.74, 6) is -5.44. The molecule has 0 aromatic rings. The van der Waals surface area contributed by atoms with E-state index in [1.54, 1.807) is 0 Å². The van der Waals surface area contributed by atoms with Crippen molar-refractivity contribution < 1.29 is 23.1 Å². The third kappa shape index (κ3) is 2.86. The van der Waals surface area contributed by atoms with Gasteiger partial charge in [-0.25, -0.2) is 9.59 Å². The van der Waals surface area contributed by atoms with E-state index in [1.165, 1.54) is 0 Å². The van der Waals surface area contributed by atoms with Gasteiger partial charge in [-0.15, -0.1) is 0 Å². The Morgan fingerprint density at radius 2 is 2.27 bits per heavy atom. The first kappa shape index (κ1) is 9.71. The molecule has 0 rings (SSSR count). The van der Waals surface area contributed by atoms with Crippen LogP contribution >= 0.6 is 0 Å². The quantitative estimate of drug-likeness (QED) is 0.339. The summed E-state index contributed by atoms with van der Waals surface area (Å²) in [7, 11) is 0.820. The lowest BCUT2D eigenvalue weighted by Gasteiger charge is -2.08. The Bertz CT molecular complexity index is 198. The molecular weight excluding hydrogens is 160 g/mol. The Labute approximate surface area is 60.9 Å². The van der Waals surface area contributed by atoms with Crippen molar-refractivity contribution in [2.75, 3.05) is 13.7 Å². The Balaban J connectivity index is 4.20. The van der Waals surface area contributed by atoms with E-state index >= 15 is 0 Å². The summed E-state index contributed by atoms with van der Waals surface area (Å²) in [6.45, 7) is -1.22. The van der Waals surface area contributed by atoms with Gasteiger partial charge in [0.1, 0.15) is 6.54 Å². The molecule has 0 radical (unpaired) electrons. The van der Waals surface area contributed by atoms with Crippen LogP contribution in [-0.4, -0.2) is 31.6 Å². The first-order valence-electron chi connectivity index (χ1n) is 2.54. The molecule has 0 saturated carbocycles. The van der Waals surface area contributed by atoms with Crippen molar-refractivity contribution in [1.29, 1.82) is 0 Å². The van der Waals surface area contributed by atoms with Crippen LogP contribution in [-0.2, 0) is 14.3 Å². The molecule has 0 aliphatic carbocycles. The maximum atomic E-state index is 12.3. The summed E-state index contributed by atoms with van der Waals surface area (Å²) in [5, 5.41) is 0. The molecule has 0 spiro atoms. The number of rotatable bonds is 3. The summed E-state index contributed by atoms with van der Waals surface area (Å²) in [5.41, 5.74) is 0. The molecule has 0 unspecified atom stereocenters. The van der Waals surface area contributed by atoms with Crippen LogP contribution in [0.5, 0.6) is 0 Å². The molecule has 0 heterocycles. The summed E-state index contributed by atoms with van der Waals surface area (Å²) >= 11 is 0. The van der Waals surface area contributed by atoms with Crippen molar-refractivity contribution in [3.05, 3.63) is 0 Å². The summed E-state index contributed by atoms with van der Waals surface area (Å²) in [4.78, 5) is 22.1. The van der Waals surface area contributed by atoms with Crippen molar-refractivity contribution in [2.24, 2.45) is 4.99 Å². The minimum absolute atomic E-state index is 0.820. The summed E-state index contributed by atoms with van der Waals surface area (Å²) in [6.07, 6.45) is 0.890. The maximum Gasteiger partial charge on any atom is 0.378 e. The molecule has 0 bridgehead atoms. The normalized spacial score (nSPS) is 10.1. The van der Waals surface area contributed by atoms with E-state index in [4.69, 9.17) is 0 Å². The zero-order chi connectivity index (χ0) is 8.91. The number of carbonyl (C=O) groups excluding carboxylic acids is 2. The highest BCUT2D eigenvalue weighted by atomic mass is 19.3. The molecule has 11 heavy (non-hydrogen) atoms. The van der Waals surface area contributed by atoms with Gasteiger partial charge in [-0.1, -0.05) is 0 Å². The van der Waals surface area contributed by atoms with Gasteiger partial charge < -0.3 is 4.74 Å². The minimum Gasteiger partial charge on any atom is -0.465 e. The zero-order valence-corrected chi connectivity index (χ0v) is 5.63. The number of alkyl halides is 2. The topological polar surface area (TPSA) is 55.7 Å². The molecule has 0 amide bonds. The van der Waals surface area contributed by atoms with E-state index in [1.807, 2.05) is 0 Å². The second-order valence-corrected chi connectivity index (χ2v) is 1.60. The maximum absolute atomic E-state index is 12.3. The lowest BCUT2D eigenvalue weighted by Crippen LogP contribution is -2.32. The van der Waals surface area contributed by atoms with Crippen LogP contribution in [0.4, 0.5) is 8.78 Å². The first-order chi connectivity index (χ1) is 5.04. The van der Waals surface area contributed by atoms with Crippen LogP contribution in [0.1, 0.15) is 0 Å². The summed E-state index contributed by atoms with van der Waals surface area (Å²) < 4.78 is 28.2. The predicted molar refractivity (Wildman–Crippen MR) is 30.0 cm³/mol. The van der Waals surface area contributed by atoms with Crippen molar-refractivity contribution in [3.63, 3.8) is 0 Å². The second kappa shape index (κ2) is 3.78. The molecule has 62 valence electrons. The van der Waals surface area contributed by atoms with Crippen LogP contribution in [0.3, 0.4) is 0 Å². The number of isocyanates is 1. The third-order valence-electron chi connectivity index (χ3n) is 0.826. The van der Waals surface area contributed by atoms with Crippen molar-refractivity contribution in [2.45, 2.75) is 5.92 Å². The lowest BCUT2D eigenvalue weighted by atomic mass is 10.3. The molecule has 0 aromatic carbocycles. The molecule has 0 aromatic heterocycles. The fourth-order valence-electron chi connectivity index (χ4n) is 0.345. The van der Waals surface area contributed by atoms with E-state index in [2.05, 4.69) is 9.73 Å². The van der Waals surface area contributed by atoms with Gasteiger partial charge in [0.15, 0.2) is 0 Å². The molecular formula is C5H5F2NO3. The standard InChI is InChI=1S/C5H5F2NO3/c1-11-4(10)5(6,7)2-8-3-9/h2H2,1H3. The number of hydrogen-bond acceptors (Lipinski definition) is 4. The average molecular weight is 165 g/mol. The van der Waals surface area contributed by atoms with Crippen molar-refractivity contribution >= 4 is 12.0 Å². The highest BCUT2D eigenvalue weighted by Gasteiger charge is 2.39. The van der Waals surface area contributed by atoms with Crippen LogP contribution in [0.2, 0.25) is 0 Å². The van der Waals surface area contributed by atoms with E-state index in [0.717, 1.165) is 13.2 Å². The number of esters is 1. The number of nitrogens with zero attached hydrogens (tertiary/aromatic N) is 1. The number of hydrogen-bond donors (Lipinski definition) is 0. The third-order valence-corrected chi connectivity index (χ3v) is 0.826. The molecule has 6 heteroatoms. The van der Waals surface area contributed by atoms with Gasteiger partial charge in [0, 0.05) is 0 Å². The zero-order valence-electron chi connectivity index (χ0n) is 5.63.